The Bertz CT molecular complexity index is 933. The molecule has 32 heavy (non-hydrogen) atoms. The largest absolute Gasteiger partial charge is 0.413 e. The summed E-state index contributed by atoms with van der Waals surface area (Å²) in [5, 5.41) is 0. The van der Waals surface area contributed by atoms with Crippen molar-refractivity contribution in [3.63, 3.8) is 0 Å². The van der Waals surface area contributed by atoms with Crippen molar-refractivity contribution in [1.82, 2.24) is 4.98 Å². The number of halogens is 1. The first kappa shape index (κ1) is 26.1. The van der Waals surface area contributed by atoms with Gasteiger partial charge >= 0.3 is 0 Å². The molecule has 1 aromatic carbocycles. The van der Waals surface area contributed by atoms with Crippen molar-refractivity contribution in [2.75, 3.05) is 6.61 Å². The lowest BCUT2D eigenvalue weighted by Crippen LogP contribution is -2.31. The highest BCUT2D eigenvalue weighted by molar-refractivity contribution is 6.71. The maximum atomic E-state index is 13.7. The van der Waals surface area contributed by atoms with E-state index in [0.717, 1.165) is 58.8 Å². The van der Waals surface area contributed by atoms with Gasteiger partial charge in [0.1, 0.15) is 12.1 Å². The van der Waals surface area contributed by atoms with Crippen LogP contribution in [0.4, 0.5) is 4.39 Å². The molecule has 174 valence electrons. The molecule has 5 heteroatoms. The van der Waals surface area contributed by atoms with Crippen LogP contribution in [-0.2, 0) is 9.22 Å². The molecule has 0 aliphatic rings. The standard InChI is InChI=1S/C27H38FNO2Si/c1-8-9-16-32(6,7)31-18-22(14-15-30)26-24(21-10-12-23(28)13-11-21)17-25(19(2)3)29-27(26)20(4)5/h10-15,17,19-20H,8-9,16,18H2,1-7H3. The molecule has 0 atom stereocenters. The van der Waals surface area contributed by atoms with Gasteiger partial charge in [0.15, 0.2) is 8.32 Å². The molecule has 0 aliphatic carbocycles. The van der Waals surface area contributed by atoms with E-state index in [-0.39, 0.29) is 17.7 Å². The van der Waals surface area contributed by atoms with Crippen LogP contribution in [0.5, 0.6) is 0 Å². The number of allylic oxidation sites excluding steroid dienone is 1. The molecule has 1 aromatic heterocycles. The number of pyridine rings is 1. The topological polar surface area (TPSA) is 39.2 Å². The molecule has 2 rings (SSSR count). The van der Waals surface area contributed by atoms with E-state index in [2.05, 4.69) is 53.8 Å². The fourth-order valence-corrected chi connectivity index (χ4v) is 5.62. The van der Waals surface area contributed by atoms with Gasteiger partial charge in [-0.2, -0.15) is 0 Å². The van der Waals surface area contributed by atoms with Crippen molar-refractivity contribution in [3.05, 3.63) is 59.2 Å². The number of rotatable bonds is 11. The zero-order valence-corrected chi connectivity index (χ0v) is 21.7. The average molecular weight is 456 g/mol. The zero-order valence-electron chi connectivity index (χ0n) is 20.7. The number of nitrogens with zero attached hydrogens (tertiary/aromatic N) is 1. The van der Waals surface area contributed by atoms with E-state index in [1.807, 2.05) is 0 Å². The highest BCUT2D eigenvalue weighted by Crippen LogP contribution is 2.37. The molecule has 1 heterocycles. The summed E-state index contributed by atoms with van der Waals surface area (Å²) in [6.45, 7) is 15.5. The van der Waals surface area contributed by atoms with Crippen molar-refractivity contribution in [3.8, 4) is 11.1 Å². The first-order chi connectivity index (χ1) is 15.1. The fraction of sp³-hybridized carbons (Fsp3) is 0.481. The maximum absolute atomic E-state index is 13.7. The van der Waals surface area contributed by atoms with Crippen LogP contribution in [-0.4, -0.2) is 26.2 Å². The van der Waals surface area contributed by atoms with Gasteiger partial charge in [0.05, 0.1) is 12.3 Å². The van der Waals surface area contributed by atoms with Gasteiger partial charge in [-0.05, 0) is 71.9 Å². The third-order valence-electron chi connectivity index (χ3n) is 5.70. The minimum absolute atomic E-state index is 0.156. The van der Waals surface area contributed by atoms with Gasteiger partial charge in [0.25, 0.3) is 0 Å². The third kappa shape index (κ3) is 6.94. The molecule has 0 radical (unpaired) electrons. The Kier molecular flexibility index (Phi) is 9.53. The summed E-state index contributed by atoms with van der Waals surface area (Å²) < 4.78 is 20.1. The van der Waals surface area contributed by atoms with Gasteiger partial charge < -0.3 is 4.43 Å². The molecule has 0 fully saturated rings. The SMILES string of the molecule is CCCC[Si](C)(C)OCC(=CC=O)c1c(-c2ccc(F)cc2)cc(C(C)C)nc1C(C)C. The van der Waals surface area contributed by atoms with Crippen LogP contribution in [0, 0.1) is 5.82 Å². The van der Waals surface area contributed by atoms with Gasteiger partial charge in [-0.1, -0.05) is 59.6 Å². The summed E-state index contributed by atoms with van der Waals surface area (Å²) in [6.07, 6.45) is 4.72. The molecule has 3 nitrogen and oxygen atoms in total. The smallest absolute Gasteiger partial charge is 0.187 e. The van der Waals surface area contributed by atoms with Crippen molar-refractivity contribution in [2.24, 2.45) is 0 Å². The first-order valence-electron chi connectivity index (χ1n) is 11.7. The Morgan fingerprint density at radius 3 is 2.31 bits per heavy atom. The molecule has 0 bridgehead atoms. The van der Waals surface area contributed by atoms with Crippen LogP contribution in [0.25, 0.3) is 16.7 Å². The molecule has 0 aliphatic heterocycles. The lowest BCUT2D eigenvalue weighted by atomic mass is 9.88. The summed E-state index contributed by atoms with van der Waals surface area (Å²) in [7, 11) is -1.85. The first-order valence-corrected chi connectivity index (χ1v) is 14.8. The molecular formula is C27H38FNO2Si. The van der Waals surface area contributed by atoms with E-state index in [4.69, 9.17) is 9.41 Å². The highest BCUT2D eigenvalue weighted by atomic mass is 28.4. The quantitative estimate of drug-likeness (QED) is 0.198. The van der Waals surface area contributed by atoms with Crippen molar-refractivity contribution < 1.29 is 13.6 Å². The summed E-state index contributed by atoms with van der Waals surface area (Å²) in [4.78, 5) is 16.6. The Balaban J connectivity index is 2.66. The molecular weight excluding hydrogens is 417 g/mol. The van der Waals surface area contributed by atoms with Crippen LogP contribution in [0.1, 0.15) is 76.2 Å². The van der Waals surface area contributed by atoms with Crippen LogP contribution in [0.3, 0.4) is 0 Å². The predicted molar refractivity (Wildman–Crippen MR) is 135 cm³/mol. The second-order valence-corrected chi connectivity index (χ2v) is 14.0. The summed E-state index contributed by atoms with van der Waals surface area (Å²) in [5.74, 6) is 0.132. The predicted octanol–water partition coefficient (Wildman–Crippen LogP) is 7.74. The van der Waals surface area contributed by atoms with E-state index in [1.165, 1.54) is 12.1 Å². The normalized spacial score (nSPS) is 12.6. The minimum atomic E-state index is -1.85. The molecule has 0 saturated carbocycles. The Morgan fingerprint density at radius 1 is 1.12 bits per heavy atom. The van der Waals surface area contributed by atoms with Crippen LogP contribution in [0.15, 0.2) is 36.4 Å². The second kappa shape index (κ2) is 11.7. The summed E-state index contributed by atoms with van der Waals surface area (Å²) in [6, 6.07) is 9.71. The second-order valence-electron chi connectivity index (χ2n) is 9.65. The number of hydrogen-bond acceptors (Lipinski definition) is 3. The average Bonchev–Trinajstić information content (AvgIpc) is 2.75. The molecule has 0 spiro atoms. The van der Waals surface area contributed by atoms with Gasteiger partial charge in [-0.25, -0.2) is 4.39 Å². The fourth-order valence-electron chi connectivity index (χ4n) is 3.73. The summed E-state index contributed by atoms with van der Waals surface area (Å²) in [5.41, 5.74) is 5.58. The van der Waals surface area contributed by atoms with Crippen molar-refractivity contribution in [2.45, 2.75) is 78.4 Å². The van der Waals surface area contributed by atoms with Crippen molar-refractivity contribution >= 4 is 20.2 Å². The molecule has 0 saturated heterocycles. The Morgan fingerprint density at radius 2 is 1.78 bits per heavy atom. The Hall–Kier alpha value is -2.11. The number of hydrogen-bond donors (Lipinski definition) is 0. The number of unbranched alkanes of at least 4 members (excludes halogenated alkanes) is 1. The molecule has 0 amide bonds. The van der Waals surface area contributed by atoms with Crippen LogP contribution < -0.4 is 0 Å². The van der Waals surface area contributed by atoms with Crippen LogP contribution >= 0.6 is 0 Å². The number of carbonyl (C=O) groups excluding carboxylic acids is 1. The van der Waals surface area contributed by atoms with Gasteiger partial charge in [-0.15, -0.1) is 0 Å². The van der Waals surface area contributed by atoms with E-state index in [1.54, 1.807) is 18.2 Å². The molecule has 2 aromatic rings. The van der Waals surface area contributed by atoms with Gasteiger partial charge in [0, 0.05) is 11.3 Å². The minimum Gasteiger partial charge on any atom is -0.413 e. The van der Waals surface area contributed by atoms with Gasteiger partial charge in [0.2, 0.25) is 0 Å². The van der Waals surface area contributed by atoms with Crippen LogP contribution in [0.2, 0.25) is 19.1 Å². The number of aldehydes is 1. The molecule has 0 unspecified atom stereocenters. The number of aromatic nitrogens is 1. The van der Waals surface area contributed by atoms with Gasteiger partial charge in [-0.3, -0.25) is 9.78 Å². The Labute approximate surface area is 194 Å². The zero-order chi connectivity index (χ0) is 23.9. The monoisotopic (exact) mass is 455 g/mol. The lowest BCUT2D eigenvalue weighted by molar-refractivity contribution is -0.104. The van der Waals surface area contributed by atoms with Crippen molar-refractivity contribution in [1.29, 1.82) is 0 Å². The summed E-state index contributed by atoms with van der Waals surface area (Å²) >= 11 is 0. The third-order valence-corrected chi connectivity index (χ3v) is 8.19. The maximum Gasteiger partial charge on any atom is 0.187 e. The lowest BCUT2D eigenvalue weighted by Gasteiger charge is -2.26. The van der Waals surface area contributed by atoms with E-state index in [9.17, 15) is 9.18 Å². The van der Waals surface area contributed by atoms with E-state index >= 15 is 0 Å². The highest BCUT2D eigenvalue weighted by Gasteiger charge is 2.25. The number of benzene rings is 1. The number of carbonyl (C=O) groups is 1. The molecule has 0 N–H and O–H groups in total. The van der Waals surface area contributed by atoms with E-state index in [0.29, 0.717) is 6.61 Å². The van der Waals surface area contributed by atoms with E-state index < -0.39 is 8.32 Å².